The molecule has 15 heavy (non-hydrogen) atoms. The predicted molar refractivity (Wildman–Crippen MR) is 70.1 cm³/mol. The Bertz CT molecular complexity index is 335. The minimum absolute atomic E-state index is 1.10. The van der Waals surface area contributed by atoms with Gasteiger partial charge in [-0.2, -0.15) is 0 Å². The molecule has 0 saturated carbocycles. The van der Waals surface area contributed by atoms with Crippen LogP contribution in [0.1, 0.15) is 24.5 Å². The van der Waals surface area contributed by atoms with Crippen LogP contribution >= 0.6 is 15.9 Å². The number of hydrogen-bond acceptors (Lipinski definition) is 1. The molecule has 1 aromatic carbocycles. The lowest BCUT2D eigenvalue weighted by atomic mass is 10.1. The highest BCUT2D eigenvalue weighted by Crippen LogP contribution is 2.28. The summed E-state index contributed by atoms with van der Waals surface area (Å²) in [5.74, 6) is 0. The first-order valence-corrected chi connectivity index (χ1v) is 6.90. The molecule has 1 aromatic rings. The highest BCUT2D eigenvalue weighted by atomic mass is 79.9. The average Bonchev–Trinajstić information content (AvgIpc) is 2.68. The van der Waals surface area contributed by atoms with Crippen molar-refractivity contribution in [1.82, 2.24) is 0 Å². The van der Waals surface area contributed by atoms with E-state index >= 15 is 0 Å². The first kappa shape index (κ1) is 11.0. The van der Waals surface area contributed by atoms with E-state index in [1.165, 1.54) is 37.1 Å². The van der Waals surface area contributed by atoms with Gasteiger partial charge in [0.25, 0.3) is 0 Å². The zero-order valence-electron chi connectivity index (χ0n) is 9.30. The van der Waals surface area contributed by atoms with Gasteiger partial charge in [0.15, 0.2) is 0 Å². The monoisotopic (exact) mass is 267 g/mol. The summed E-state index contributed by atoms with van der Waals surface area (Å²) in [6.07, 6.45) is 3.66. The van der Waals surface area contributed by atoms with Crippen molar-refractivity contribution in [1.29, 1.82) is 0 Å². The Hall–Kier alpha value is -0.500. The third-order valence-electron chi connectivity index (χ3n) is 3.12. The minimum Gasteiger partial charge on any atom is -0.371 e. The SMILES string of the molecule is CCN1CCc2cc(CCCBr)ccc21. The maximum atomic E-state index is 3.48. The molecule has 2 rings (SSSR count). The molecule has 0 spiro atoms. The van der Waals surface area contributed by atoms with Crippen LogP contribution < -0.4 is 4.90 Å². The van der Waals surface area contributed by atoms with Crippen LogP contribution in [0.5, 0.6) is 0 Å². The van der Waals surface area contributed by atoms with Crippen LogP contribution in [-0.2, 0) is 12.8 Å². The van der Waals surface area contributed by atoms with E-state index < -0.39 is 0 Å². The molecule has 0 atom stereocenters. The highest BCUT2D eigenvalue weighted by Gasteiger charge is 2.17. The summed E-state index contributed by atoms with van der Waals surface area (Å²) in [7, 11) is 0. The second-order valence-electron chi connectivity index (χ2n) is 4.09. The Kier molecular flexibility index (Phi) is 3.68. The van der Waals surface area contributed by atoms with E-state index in [-0.39, 0.29) is 0 Å². The zero-order chi connectivity index (χ0) is 10.7. The molecule has 82 valence electrons. The smallest absolute Gasteiger partial charge is 0.0399 e. The molecule has 0 N–H and O–H groups in total. The molecular weight excluding hydrogens is 250 g/mol. The van der Waals surface area contributed by atoms with Crippen LogP contribution in [0, 0.1) is 0 Å². The largest absolute Gasteiger partial charge is 0.371 e. The Morgan fingerprint density at radius 3 is 3.00 bits per heavy atom. The molecule has 0 radical (unpaired) electrons. The summed E-state index contributed by atoms with van der Waals surface area (Å²) in [5.41, 5.74) is 4.50. The summed E-state index contributed by atoms with van der Waals surface area (Å²) < 4.78 is 0. The van der Waals surface area contributed by atoms with Crippen LogP contribution in [0.15, 0.2) is 18.2 Å². The van der Waals surface area contributed by atoms with Crippen molar-refractivity contribution in [2.24, 2.45) is 0 Å². The topological polar surface area (TPSA) is 3.24 Å². The van der Waals surface area contributed by atoms with Gasteiger partial charge in [-0.1, -0.05) is 28.1 Å². The Balaban J connectivity index is 2.14. The molecule has 0 saturated heterocycles. The lowest BCUT2D eigenvalue weighted by molar-refractivity contribution is 0.868. The van der Waals surface area contributed by atoms with Gasteiger partial charge in [0.1, 0.15) is 0 Å². The van der Waals surface area contributed by atoms with Crippen molar-refractivity contribution in [3.8, 4) is 0 Å². The first-order chi connectivity index (χ1) is 7.35. The van der Waals surface area contributed by atoms with Gasteiger partial charge in [-0.15, -0.1) is 0 Å². The maximum Gasteiger partial charge on any atom is 0.0399 e. The molecule has 1 heterocycles. The quantitative estimate of drug-likeness (QED) is 0.756. The van der Waals surface area contributed by atoms with Crippen LogP contribution in [0.4, 0.5) is 5.69 Å². The second-order valence-corrected chi connectivity index (χ2v) is 4.88. The van der Waals surface area contributed by atoms with Crippen LogP contribution in [0.2, 0.25) is 0 Å². The Labute approximate surface area is 101 Å². The molecule has 0 amide bonds. The standard InChI is InChI=1S/C13H18BrN/c1-2-15-9-7-12-10-11(4-3-8-14)5-6-13(12)15/h5-6,10H,2-4,7-9H2,1H3. The molecule has 2 heteroatoms. The number of aryl methyl sites for hydroxylation is 1. The molecule has 0 aromatic heterocycles. The van der Waals surface area contributed by atoms with Gasteiger partial charge < -0.3 is 4.90 Å². The normalized spacial score (nSPS) is 14.4. The van der Waals surface area contributed by atoms with Gasteiger partial charge in [0.2, 0.25) is 0 Å². The van der Waals surface area contributed by atoms with Crippen molar-refractivity contribution in [2.75, 3.05) is 23.3 Å². The van der Waals surface area contributed by atoms with Gasteiger partial charge in [-0.25, -0.2) is 0 Å². The molecule has 1 aliphatic heterocycles. The van der Waals surface area contributed by atoms with E-state index in [4.69, 9.17) is 0 Å². The van der Waals surface area contributed by atoms with Crippen molar-refractivity contribution >= 4 is 21.6 Å². The fourth-order valence-corrected chi connectivity index (χ4v) is 2.56. The number of nitrogens with zero attached hydrogens (tertiary/aromatic N) is 1. The third-order valence-corrected chi connectivity index (χ3v) is 3.68. The van der Waals surface area contributed by atoms with Crippen molar-refractivity contribution in [2.45, 2.75) is 26.2 Å². The van der Waals surface area contributed by atoms with Gasteiger partial charge >= 0.3 is 0 Å². The summed E-state index contributed by atoms with van der Waals surface area (Å²) in [4.78, 5) is 2.46. The summed E-state index contributed by atoms with van der Waals surface area (Å²) in [5, 5.41) is 1.10. The van der Waals surface area contributed by atoms with E-state index in [0.717, 1.165) is 11.9 Å². The molecule has 0 fully saturated rings. The van der Waals surface area contributed by atoms with E-state index in [1.807, 2.05) is 0 Å². The van der Waals surface area contributed by atoms with Gasteiger partial charge in [-0.05, 0) is 43.4 Å². The number of likely N-dealkylation sites (N-methyl/N-ethyl adjacent to an activating group) is 1. The lowest BCUT2D eigenvalue weighted by Gasteiger charge is -2.16. The Morgan fingerprint density at radius 1 is 1.40 bits per heavy atom. The van der Waals surface area contributed by atoms with Crippen LogP contribution in [0.3, 0.4) is 0 Å². The Morgan fingerprint density at radius 2 is 2.27 bits per heavy atom. The summed E-state index contributed by atoms with van der Waals surface area (Å²) in [6.45, 7) is 4.56. The van der Waals surface area contributed by atoms with E-state index in [2.05, 4.69) is 46.0 Å². The average molecular weight is 268 g/mol. The van der Waals surface area contributed by atoms with Gasteiger partial charge in [0.05, 0.1) is 0 Å². The van der Waals surface area contributed by atoms with Gasteiger partial charge in [0, 0.05) is 24.1 Å². The maximum absolute atomic E-state index is 3.48. The second kappa shape index (κ2) is 5.02. The summed E-state index contributed by atoms with van der Waals surface area (Å²) in [6, 6.07) is 6.98. The molecule has 0 unspecified atom stereocenters. The number of fused-ring (bicyclic) bond motifs is 1. The van der Waals surface area contributed by atoms with E-state index in [1.54, 1.807) is 5.56 Å². The number of anilines is 1. The molecular formula is C13H18BrN. The fraction of sp³-hybridized carbons (Fsp3) is 0.538. The van der Waals surface area contributed by atoms with Crippen molar-refractivity contribution in [3.05, 3.63) is 29.3 Å². The number of benzene rings is 1. The minimum atomic E-state index is 1.10. The van der Waals surface area contributed by atoms with E-state index in [9.17, 15) is 0 Å². The molecule has 1 aliphatic rings. The number of alkyl halides is 1. The van der Waals surface area contributed by atoms with Crippen molar-refractivity contribution < 1.29 is 0 Å². The molecule has 0 aliphatic carbocycles. The van der Waals surface area contributed by atoms with Crippen LogP contribution in [-0.4, -0.2) is 18.4 Å². The molecule has 0 bridgehead atoms. The van der Waals surface area contributed by atoms with Crippen LogP contribution in [0.25, 0.3) is 0 Å². The third kappa shape index (κ3) is 2.36. The number of halogens is 1. The highest BCUT2D eigenvalue weighted by molar-refractivity contribution is 9.09. The van der Waals surface area contributed by atoms with Crippen molar-refractivity contribution in [3.63, 3.8) is 0 Å². The first-order valence-electron chi connectivity index (χ1n) is 5.78. The lowest BCUT2D eigenvalue weighted by Crippen LogP contribution is -2.18. The van der Waals surface area contributed by atoms with E-state index in [0.29, 0.717) is 0 Å². The number of rotatable bonds is 4. The predicted octanol–water partition coefficient (Wildman–Crippen LogP) is 3.40. The van der Waals surface area contributed by atoms with Gasteiger partial charge in [-0.3, -0.25) is 0 Å². The summed E-state index contributed by atoms with van der Waals surface area (Å²) >= 11 is 3.48. The zero-order valence-corrected chi connectivity index (χ0v) is 10.9. The fourth-order valence-electron chi connectivity index (χ4n) is 2.28. The molecule has 1 nitrogen and oxygen atoms in total. The number of hydrogen-bond donors (Lipinski definition) is 0.